The molecule has 23 heavy (non-hydrogen) atoms. The number of hydrogen-bond donors (Lipinski definition) is 1. The van der Waals surface area contributed by atoms with E-state index in [0.717, 1.165) is 41.3 Å². The van der Waals surface area contributed by atoms with Crippen molar-refractivity contribution in [2.45, 2.75) is 26.7 Å². The lowest BCUT2D eigenvalue weighted by molar-refractivity contribution is 0.251. The highest BCUT2D eigenvalue weighted by atomic mass is 16.5. The second kappa shape index (κ2) is 8.93. The number of benzene rings is 2. The van der Waals surface area contributed by atoms with E-state index in [0.29, 0.717) is 19.8 Å². The minimum absolute atomic E-state index is 0.633. The minimum Gasteiger partial charge on any atom is -0.493 e. The smallest absolute Gasteiger partial charge is 0.161 e. The van der Waals surface area contributed by atoms with E-state index >= 15 is 0 Å². The van der Waals surface area contributed by atoms with Crippen molar-refractivity contribution in [2.24, 2.45) is 0 Å². The SMILES string of the molecule is CCOc1ccccc1OCCCCOc1cc(N)ccc1C. The van der Waals surface area contributed by atoms with Gasteiger partial charge in [-0.3, -0.25) is 0 Å². The Bertz CT molecular complexity index is 613. The van der Waals surface area contributed by atoms with Crippen LogP contribution in [0.2, 0.25) is 0 Å². The van der Waals surface area contributed by atoms with Crippen molar-refractivity contribution in [3.63, 3.8) is 0 Å². The largest absolute Gasteiger partial charge is 0.493 e. The Labute approximate surface area is 138 Å². The third-order valence-corrected chi connectivity index (χ3v) is 3.42. The molecule has 0 unspecified atom stereocenters. The van der Waals surface area contributed by atoms with Gasteiger partial charge in [-0.05, 0) is 50.5 Å². The van der Waals surface area contributed by atoms with Crippen LogP contribution in [0, 0.1) is 6.92 Å². The Kier molecular flexibility index (Phi) is 6.60. The maximum absolute atomic E-state index is 5.78. The van der Waals surface area contributed by atoms with E-state index in [1.165, 1.54) is 0 Å². The van der Waals surface area contributed by atoms with E-state index in [1.54, 1.807) is 0 Å². The van der Waals surface area contributed by atoms with Crippen LogP contribution in [0.4, 0.5) is 5.69 Å². The Balaban J connectivity index is 1.69. The number of aryl methyl sites for hydroxylation is 1. The number of nitrogen functional groups attached to an aromatic ring is 1. The second-order valence-electron chi connectivity index (χ2n) is 5.31. The van der Waals surface area contributed by atoms with Crippen LogP contribution in [0.15, 0.2) is 42.5 Å². The van der Waals surface area contributed by atoms with Gasteiger partial charge in [-0.25, -0.2) is 0 Å². The number of rotatable bonds is 9. The van der Waals surface area contributed by atoms with Crippen molar-refractivity contribution in [3.05, 3.63) is 48.0 Å². The molecule has 0 bridgehead atoms. The van der Waals surface area contributed by atoms with E-state index < -0.39 is 0 Å². The molecule has 2 aromatic rings. The van der Waals surface area contributed by atoms with Crippen LogP contribution in [0.1, 0.15) is 25.3 Å². The molecule has 0 saturated carbocycles. The van der Waals surface area contributed by atoms with Crippen LogP contribution in [0.5, 0.6) is 17.2 Å². The van der Waals surface area contributed by atoms with Gasteiger partial charge in [-0.15, -0.1) is 0 Å². The van der Waals surface area contributed by atoms with E-state index in [2.05, 4.69) is 0 Å². The Hall–Kier alpha value is -2.36. The zero-order valence-corrected chi connectivity index (χ0v) is 13.9. The monoisotopic (exact) mass is 315 g/mol. The van der Waals surface area contributed by atoms with Crippen LogP contribution in [0.3, 0.4) is 0 Å². The van der Waals surface area contributed by atoms with Crippen molar-refractivity contribution < 1.29 is 14.2 Å². The van der Waals surface area contributed by atoms with Gasteiger partial charge in [0.15, 0.2) is 11.5 Å². The molecule has 0 aliphatic rings. The van der Waals surface area contributed by atoms with Gasteiger partial charge in [0.05, 0.1) is 19.8 Å². The lowest BCUT2D eigenvalue weighted by Crippen LogP contribution is -2.04. The first-order valence-corrected chi connectivity index (χ1v) is 8.04. The minimum atomic E-state index is 0.633. The summed E-state index contributed by atoms with van der Waals surface area (Å²) in [6, 6.07) is 13.5. The van der Waals surface area contributed by atoms with Gasteiger partial charge in [0, 0.05) is 11.8 Å². The first kappa shape index (κ1) is 17.0. The van der Waals surface area contributed by atoms with Gasteiger partial charge in [-0.2, -0.15) is 0 Å². The number of ether oxygens (including phenoxy) is 3. The number of nitrogens with two attached hydrogens (primary N) is 1. The highest BCUT2D eigenvalue weighted by Crippen LogP contribution is 2.26. The molecule has 124 valence electrons. The highest BCUT2D eigenvalue weighted by molar-refractivity contribution is 5.47. The summed E-state index contributed by atoms with van der Waals surface area (Å²) in [5, 5.41) is 0. The molecule has 0 aliphatic heterocycles. The summed E-state index contributed by atoms with van der Waals surface area (Å²) in [5.41, 5.74) is 7.59. The van der Waals surface area contributed by atoms with Gasteiger partial charge in [0.1, 0.15) is 5.75 Å². The molecule has 0 saturated heterocycles. The summed E-state index contributed by atoms with van der Waals surface area (Å²) < 4.78 is 17.1. The van der Waals surface area contributed by atoms with Crippen molar-refractivity contribution in [1.82, 2.24) is 0 Å². The first-order chi connectivity index (χ1) is 11.2. The molecule has 2 N–H and O–H groups in total. The van der Waals surface area contributed by atoms with Crippen LogP contribution < -0.4 is 19.9 Å². The molecule has 4 heteroatoms. The molecule has 2 rings (SSSR count). The van der Waals surface area contributed by atoms with Gasteiger partial charge >= 0.3 is 0 Å². The number of hydrogen-bond acceptors (Lipinski definition) is 4. The average molecular weight is 315 g/mol. The van der Waals surface area contributed by atoms with E-state index in [-0.39, 0.29) is 0 Å². The van der Waals surface area contributed by atoms with Gasteiger partial charge < -0.3 is 19.9 Å². The van der Waals surface area contributed by atoms with Gasteiger partial charge in [0.2, 0.25) is 0 Å². The fourth-order valence-corrected chi connectivity index (χ4v) is 2.18. The van der Waals surface area contributed by atoms with Crippen LogP contribution in [-0.4, -0.2) is 19.8 Å². The van der Waals surface area contributed by atoms with Crippen LogP contribution >= 0.6 is 0 Å². The molecular formula is C19H25NO3. The molecule has 0 fully saturated rings. The second-order valence-corrected chi connectivity index (χ2v) is 5.31. The van der Waals surface area contributed by atoms with Crippen molar-refractivity contribution in [3.8, 4) is 17.2 Å². The zero-order valence-electron chi connectivity index (χ0n) is 13.9. The van der Waals surface area contributed by atoms with Crippen molar-refractivity contribution in [1.29, 1.82) is 0 Å². The summed E-state index contributed by atoms with van der Waals surface area (Å²) >= 11 is 0. The summed E-state index contributed by atoms with van der Waals surface area (Å²) in [6.45, 7) is 5.91. The molecular weight excluding hydrogens is 290 g/mol. The number of anilines is 1. The number of para-hydroxylation sites is 2. The molecule has 4 nitrogen and oxygen atoms in total. The summed E-state index contributed by atoms with van der Waals surface area (Å²) in [4.78, 5) is 0. The van der Waals surface area contributed by atoms with E-state index in [9.17, 15) is 0 Å². The zero-order chi connectivity index (χ0) is 16.5. The summed E-state index contributed by atoms with van der Waals surface area (Å²) in [7, 11) is 0. The molecule has 0 amide bonds. The Morgan fingerprint density at radius 1 is 0.826 bits per heavy atom. The van der Waals surface area contributed by atoms with E-state index in [1.807, 2.05) is 56.3 Å². The highest BCUT2D eigenvalue weighted by Gasteiger charge is 2.03. The normalized spacial score (nSPS) is 10.3. The molecule has 2 aromatic carbocycles. The Morgan fingerprint density at radius 3 is 2.09 bits per heavy atom. The average Bonchev–Trinajstić information content (AvgIpc) is 2.55. The first-order valence-electron chi connectivity index (χ1n) is 8.04. The summed E-state index contributed by atoms with van der Waals surface area (Å²) in [5.74, 6) is 2.44. The maximum Gasteiger partial charge on any atom is 0.161 e. The van der Waals surface area contributed by atoms with Crippen LogP contribution in [0.25, 0.3) is 0 Å². The fourth-order valence-electron chi connectivity index (χ4n) is 2.18. The molecule has 0 radical (unpaired) electrons. The fraction of sp³-hybridized carbons (Fsp3) is 0.368. The topological polar surface area (TPSA) is 53.7 Å². The van der Waals surface area contributed by atoms with Gasteiger partial charge in [0.25, 0.3) is 0 Å². The number of unbranched alkanes of at least 4 members (excludes halogenated alkanes) is 1. The van der Waals surface area contributed by atoms with E-state index in [4.69, 9.17) is 19.9 Å². The van der Waals surface area contributed by atoms with Crippen LogP contribution in [-0.2, 0) is 0 Å². The molecule has 0 atom stereocenters. The quantitative estimate of drug-likeness (QED) is 0.556. The third-order valence-electron chi connectivity index (χ3n) is 3.42. The lowest BCUT2D eigenvalue weighted by atomic mass is 10.2. The molecule has 0 spiro atoms. The third kappa shape index (κ3) is 5.40. The van der Waals surface area contributed by atoms with Crippen molar-refractivity contribution >= 4 is 5.69 Å². The lowest BCUT2D eigenvalue weighted by Gasteiger charge is -2.12. The molecule has 0 heterocycles. The predicted octanol–water partition coefficient (Wildman–Crippen LogP) is 4.21. The van der Waals surface area contributed by atoms with Crippen molar-refractivity contribution in [2.75, 3.05) is 25.6 Å². The van der Waals surface area contributed by atoms with Gasteiger partial charge in [-0.1, -0.05) is 18.2 Å². The Morgan fingerprint density at radius 2 is 1.43 bits per heavy atom. The molecule has 0 aliphatic carbocycles. The molecule has 0 aromatic heterocycles. The summed E-state index contributed by atoms with van der Waals surface area (Å²) in [6.07, 6.45) is 1.84. The predicted molar refractivity (Wildman–Crippen MR) is 93.4 cm³/mol. The standard InChI is InChI=1S/C19H25NO3/c1-3-21-17-8-4-5-9-18(17)22-12-6-7-13-23-19-14-16(20)11-10-15(19)2/h4-5,8-11,14H,3,6-7,12-13,20H2,1-2H3. The maximum atomic E-state index is 5.78.